The Balaban J connectivity index is 0.000000219. The van der Waals surface area contributed by atoms with E-state index in [1.165, 1.54) is 11.1 Å². The van der Waals surface area contributed by atoms with Crippen molar-refractivity contribution in [1.82, 2.24) is 19.6 Å². The van der Waals surface area contributed by atoms with Crippen molar-refractivity contribution in [2.24, 2.45) is 17.6 Å². The molecule has 4 aliphatic rings. The first-order valence-electron chi connectivity index (χ1n) is 26.9. The summed E-state index contributed by atoms with van der Waals surface area (Å²) in [7, 11) is 0. The highest BCUT2D eigenvalue weighted by molar-refractivity contribution is 6.42. The van der Waals surface area contributed by atoms with Crippen LogP contribution in [0, 0.1) is 23.2 Å². The second-order valence-electron chi connectivity index (χ2n) is 21.3. The van der Waals surface area contributed by atoms with E-state index in [0.29, 0.717) is 76.7 Å². The minimum absolute atomic E-state index is 0.00826. The van der Waals surface area contributed by atoms with Crippen LogP contribution in [-0.4, -0.2) is 111 Å². The van der Waals surface area contributed by atoms with E-state index < -0.39 is 18.0 Å². The summed E-state index contributed by atoms with van der Waals surface area (Å²) in [6, 6.07) is 32.7. The molecule has 0 spiro atoms. The maximum absolute atomic E-state index is 13.9. The molecule has 2 unspecified atom stereocenters. The normalized spacial score (nSPS) is 22.7. The highest BCUT2D eigenvalue weighted by Gasteiger charge is 2.47. The molecule has 15 heteroatoms. The SMILES string of the molecule is C[C@@H]1C[C@H]2C(=O)N([C@H](CCC#N)C(=O)CCc3ccc(Cl)c(Cl)c3)CCC(CCc3ccccc3)N2C1.C[C@@H]1C[C@H]2C(=O)N([C@H](CCC(N)=O)C(=O)CCc3ccc(Cl)c(Cl)c3)CCC(CCc3ccccc3)N2C1. The van der Waals surface area contributed by atoms with Gasteiger partial charge in [0.2, 0.25) is 17.7 Å². The highest BCUT2D eigenvalue weighted by Crippen LogP contribution is 2.36. The van der Waals surface area contributed by atoms with Gasteiger partial charge in [-0.15, -0.1) is 0 Å². The number of rotatable bonds is 21. The van der Waals surface area contributed by atoms with Crippen LogP contribution in [0.2, 0.25) is 20.1 Å². The molecule has 75 heavy (non-hydrogen) atoms. The van der Waals surface area contributed by atoms with Gasteiger partial charge in [0, 0.05) is 63.9 Å². The van der Waals surface area contributed by atoms with E-state index >= 15 is 0 Å². The van der Waals surface area contributed by atoms with Crippen molar-refractivity contribution in [3.63, 3.8) is 0 Å². The predicted molar refractivity (Wildman–Crippen MR) is 299 cm³/mol. The third-order valence-corrected chi connectivity index (χ3v) is 17.3. The lowest BCUT2D eigenvalue weighted by atomic mass is 9.97. The largest absolute Gasteiger partial charge is 0.370 e. The average molecular weight is 1100 g/mol. The van der Waals surface area contributed by atoms with Crippen LogP contribution >= 0.6 is 46.4 Å². The molecule has 11 nitrogen and oxygen atoms in total. The number of hydrogen-bond donors (Lipinski definition) is 1. The molecule has 4 aromatic carbocycles. The third-order valence-electron chi connectivity index (χ3n) is 15.8. The number of carbonyl (C=O) groups excluding carboxylic acids is 5. The summed E-state index contributed by atoms with van der Waals surface area (Å²) in [4.78, 5) is 74.9. The van der Waals surface area contributed by atoms with Gasteiger partial charge < -0.3 is 15.5 Å². The zero-order valence-electron chi connectivity index (χ0n) is 43.4. The molecule has 4 aromatic rings. The molecule has 0 bridgehead atoms. The van der Waals surface area contributed by atoms with E-state index in [0.717, 1.165) is 75.6 Å². The number of benzene rings is 4. The van der Waals surface area contributed by atoms with Gasteiger partial charge in [-0.05, 0) is 135 Å². The summed E-state index contributed by atoms with van der Waals surface area (Å²) in [5.74, 6) is 0.410. The number of hydrogen-bond acceptors (Lipinski definition) is 8. The minimum atomic E-state index is -0.664. The molecule has 8 rings (SSSR count). The van der Waals surface area contributed by atoms with Crippen LogP contribution in [0.25, 0.3) is 0 Å². The van der Waals surface area contributed by atoms with Gasteiger partial charge in [0.25, 0.3) is 0 Å². The molecule has 0 aromatic heterocycles. The Bertz CT molecular complexity index is 2630. The number of amides is 3. The van der Waals surface area contributed by atoms with Crippen molar-refractivity contribution in [2.45, 2.75) is 153 Å². The molecule has 4 saturated heterocycles. The van der Waals surface area contributed by atoms with Gasteiger partial charge in [-0.1, -0.05) is 133 Å². The van der Waals surface area contributed by atoms with Crippen molar-refractivity contribution in [1.29, 1.82) is 5.26 Å². The Morgan fingerprint density at radius 3 is 1.41 bits per heavy atom. The van der Waals surface area contributed by atoms with Crippen molar-refractivity contribution in [3.8, 4) is 6.07 Å². The number of primary amides is 1. The quantitative estimate of drug-likeness (QED) is 0.0867. The number of carbonyl (C=O) groups is 5. The number of Topliss-reactive ketones (excluding diaryl/α,β-unsaturated/α-hetero) is 2. The van der Waals surface area contributed by atoms with Crippen molar-refractivity contribution < 1.29 is 24.0 Å². The number of nitrogens with zero attached hydrogens (tertiary/aromatic N) is 5. The van der Waals surface area contributed by atoms with E-state index in [-0.39, 0.29) is 67.2 Å². The fourth-order valence-electron chi connectivity index (χ4n) is 11.9. The molecule has 4 fully saturated rings. The zero-order valence-corrected chi connectivity index (χ0v) is 46.4. The number of aryl methyl sites for hydroxylation is 4. The first kappa shape index (κ1) is 57.9. The van der Waals surface area contributed by atoms with Crippen LogP contribution in [0.3, 0.4) is 0 Å². The monoisotopic (exact) mass is 1100 g/mol. The Morgan fingerprint density at radius 2 is 1.01 bits per heavy atom. The topological polar surface area (TPSA) is 148 Å². The second-order valence-corrected chi connectivity index (χ2v) is 22.9. The standard InChI is InChI=1S/C30H37Cl2N3O3.C30H35Cl2N3O2/c1-20-17-27-30(38)34(16-15-23(35(27)19-20)10-7-21-5-3-2-4-6-21)26(12-14-29(33)37)28(36)13-9-22-8-11-24(31)25(32)18-22;1-21-18-28-30(37)34(17-15-24(35(28)20-21)12-9-22-6-3-2-4-7-22)27(8-5-16-33)29(36)14-11-23-10-13-25(31)26(32)19-23/h2-6,8,11,18,20,23,26-27H,7,9-10,12-17,19H2,1H3,(H2,33,37);2-4,6-7,10,13,19,21,24,27-28H,5,8-9,11-12,14-15,17-18,20H2,1H3/t20-,23?,26-,27+;21-,24?,27-,28+/m11/s1. The second kappa shape index (κ2) is 28.0. The van der Waals surface area contributed by atoms with Crippen LogP contribution < -0.4 is 5.73 Å². The minimum Gasteiger partial charge on any atom is -0.370 e. The fraction of sp³-hybridized carbons (Fsp3) is 0.500. The number of halogens is 4. The molecule has 0 radical (unpaired) electrons. The lowest BCUT2D eigenvalue weighted by Gasteiger charge is -2.32. The van der Waals surface area contributed by atoms with Gasteiger partial charge in [0.15, 0.2) is 11.6 Å². The van der Waals surface area contributed by atoms with E-state index in [1.54, 1.807) is 29.2 Å². The maximum atomic E-state index is 13.9. The summed E-state index contributed by atoms with van der Waals surface area (Å²) in [6.45, 7) is 7.25. The molecule has 3 amide bonds. The summed E-state index contributed by atoms with van der Waals surface area (Å²) in [6.07, 6.45) is 9.59. The molecule has 2 N–H and O–H groups in total. The summed E-state index contributed by atoms with van der Waals surface area (Å²) < 4.78 is 0. The first-order valence-corrected chi connectivity index (χ1v) is 28.4. The van der Waals surface area contributed by atoms with Crippen molar-refractivity contribution in [3.05, 3.63) is 139 Å². The van der Waals surface area contributed by atoms with Gasteiger partial charge in [0.1, 0.15) is 0 Å². The number of ketones is 2. The summed E-state index contributed by atoms with van der Waals surface area (Å²) in [5, 5.41) is 11.1. The van der Waals surface area contributed by atoms with E-state index in [9.17, 15) is 29.2 Å². The molecular formula is C60H72Cl4N6O5. The van der Waals surface area contributed by atoms with Gasteiger partial charge in [-0.2, -0.15) is 5.26 Å². The molecule has 0 saturated carbocycles. The van der Waals surface area contributed by atoms with Crippen LogP contribution in [0.5, 0.6) is 0 Å². The lowest BCUT2D eigenvalue weighted by molar-refractivity contribution is -0.142. The van der Waals surface area contributed by atoms with E-state index in [1.807, 2.05) is 29.2 Å². The molecule has 400 valence electrons. The van der Waals surface area contributed by atoms with Crippen LogP contribution in [0.1, 0.15) is 113 Å². The van der Waals surface area contributed by atoms with Crippen molar-refractivity contribution in [2.75, 3.05) is 26.2 Å². The van der Waals surface area contributed by atoms with Crippen LogP contribution in [0.4, 0.5) is 0 Å². The number of fused-ring (bicyclic) bond motifs is 2. The summed E-state index contributed by atoms with van der Waals surface area (Å²) >= 11 is 24.4. The molecule has 4 heterocycles. The Kier molecular flexibility index (Phi) is 21.6. The van der Waals surface area contributed by atoms with Gasteiger partial charge >= 0.3 is 0 Å². The van der Waals surface area contributed by atoms with Crippen LogP contribution in [0.15, 0.2) is 97.1 Å². The van der Waals surface area contributed by atoms with Gasteiger partial charge in [-0.25, -0.2) is 0 Å². The molecular weight excluding hydrogens is 1030 g/mol. The van der Waals surface area contributed by atoms with E-state index in [2.05, 4.69) is 78.2 Å². The highest BCUT2D eigenvalue weighted by atomic mass is 35.5. The average Bonchev–Trinajstić information content (AvgIpc) is 3.93. The number of nitriles is 1. The maximum Gasteiger partial charge on any atom is 0.240 e. The lowest BCUT2D eigenvalue weighted by Crippen LogP contribution is -2.51. The van der Waals surface area contributed by atoms with Crippen molar-refractivity contribution >= 4 is 75.7 Å². The van der Waals surface area contributed by atoms with Gasteiger partial charge in [-0.3, -0.25) is 33.8 Å². The fourth-order valence-corrected chi connectivity index (χ4v) is 12.5. The van der Waals surface area contributed by atoms with E-state index in [4.69, 9.17) is 52.1 Å². The Labute approximate surface area is 464 Å². The smallest absolute Gasteiger partial charge is 0.240 e. The van der Waals surface area contributed by atoms with Gasteiger partial charge in [0.05, 0.1) is 50.3 Å². The molecule has 4 aliphatic heterocycles. The molecule has 0 aliphatic carbocycles. The predicted octanol–water partition coefficient (Wildman–Crippen LogP) is 11.2. The third kappa shape index (κ3) is 15.9. The Morgan fingerprint density at radius 1 is 0.587 bits per heavy atom. The van der Waals surface area contributed by atoms with Crippen LogP contribution in [-0.2, 0) is 49.7 Å². The summed E-state index contributed by atoms with van der Waals surface area (Å²) in [5.41, 5.74) is 9.90. The Hall–Kier alpha value is -4.80. The first-order chi connectivity index (χ1) is 36.1. The molecule has 8 atom stereocenters. The zero-order chi connectivity index (χ0) is 53.6. The number of nitrogens with two attached hydrogens (primary N) is 1.